The van der Waals surface area contributed by atoms with Crippen molar-refractivity contribution in [3.63, 3.8) is 0 Å². The van der Waals surface area contributed by atoms with Gasteiger partial charge in [0.2, 0.25) is 0 Å². The van der Waals surface area contributed by atoms with Crippen molar-refractivity contribution in [1.29, 1.82) is 0 Å². The molecule has 0 saturated heterocycles. The Morgan fingerprint density at radius 2 is 2.83 bits per heavy atom. The van der Waals surface area contributed by atoms with E-state index in [-0.39, 0.29) is 5.91 Å². The summed E-state index contributed by atoms with van der Waals surface area (Å²) in [5.74, 6) is -0.269. The van der Waals surface area contributed by atoms with E-state index in [4.69, 9.17) is 0 Å². The molecule has 0 atom stereocenters. The van der Waals surface area contributed by atoms with Crippen LogP contribution in [-0.2, 0) is 4.79 Å². The van der Waals surface area contributed by atoms with Crippen molar-refractivity contribution in [1.82, 2.24) is 5.43 Å². The summed E-state index contributed by atoms with van der Waals surface area (Å²) in [7, 11) is 0. The maximum absolute atomic E-state index is 9.90. The van der Waals surface area contributed by atoms with E-state index in [2.05, 4.69) is 16.9 Å². The third-order valence-electron chi connectivity index (χ3n) is 0.426. The number of hydrazone groups is 1. The molecule has 2 radical (unpaired) electrons. The lowest BCUT2D eigenvalue weighted by molar-refractivity contribution is -0.116. The Morgan fingerprint density at radius 1 is 2.00 bits per heavy atom. The molecular formula is C3H2N2O. The molecule has 1 aliphatic rings. The number of rotatable bonds is 0. The summed E-state index contributed by atoms with van der Waals surface area (Å²) in [5, 5.41) is 3.33. The third-order valence-corrected chi connectivity index (χ3v) is 0.426. The molecule has 0 aromatic carbocycles. The monoisotopic (exact) mass is 82.0 g/mol. The van der Waals surface area contributed by atoms with Crippen molar-refractivity contribution < 1.29 is 4.79 Å². The topological polar surface area (TPSA) is 41.5 Å². The lowest BCUT2D eigenvalue weighted by Crippen LogP contribution is -2.08. The van der Waals surface area contributed by atoms with E-state index in [1.54, 1.807) is 0 Å². The molecule has 1 amide bonds. The fraction of sp³-hybridized carbons (Fsp3) is 0. The molecule has 3 nitrogen and oxygen atoms in total. The van der Waals surface area contributed by atoms with Crippen molar-refractivity contribution >= 4 is 12.1 Å². The number of hydrogen-bond acceptors (Lipinski definition) is 2. The number of carbonyl (C=O) groups excluding carboxylic acids is 1. The van der Waals surface area contributed by atoms with Gasteiger partial charge in [-0.15, -0.1) is 0 Å². The lowest BCUT2D eigenvalue weighted by Gasteiger charge is -1.76. The van der Waals surface area contributed by atoms with Gasteiger partial charge in [0.1, 0.15) is 6.42 Å². The standard InChI is InChI=1S/C3H2N2O/c6-3-1-2-4-5-3/h2H,(H,5,6). The molecule has 0 aromatic heterocycles. The second-order valence-corrected chi connectivity index (χ2v) is 0.843. The van der Waals surface area contributed by atoms with Gasteiger partial charge in [-0.25, -0.2) is 5.43 Å². The first-order valence-corrected chi connectivity index (χ1v) is 1.47. The first-order chi connectivity index (χ1) is 2.89. The van der Waals surface area contributed by atoms with E-state index >= 15 is 0 Å². The zero-order chi connectivity index (χ0) is 4.41. The SMILES string of the molecule is O=C1[C]C=NN1. The van der Waals surface area contributed by atoms with Crippen LogP contribution in [0.15, 0.2) is 5.10 Å². The molecule has 3 heteroatoms. The first-order valence-electron chi connectivity index (χ1n) is 1.47. The van der Waals surface area contributed by atoms with E-state index < -0.39 is 0 Å². The van der Waals surface area contributed by atoms with E-state index in [0.717, 1.165) is 0 Å². The minimum Gasteiger partial charge on any atom is -0.272 e. The molecule has 0 aromatic rings. The van der Waals surface area contributed by atoms with E-state index in [1.165, 1.54) is 6.21 Å². The quantitative estimate of drug-likeness (QED) is 0.407. The van der Waals surface area contributed by atoms with Gasteiger partial charge in [-0.3, -0.25) is 4.79 Å². The predicted molar refractivity (Wildman–Crippen MR) is 19.9 cm³/mol. The van der Waals surface area contributed by atoms with Crippen LogP contribution in [0, 0.1) is 6.42 Å². The van der Waals surface area contributed by atoms with Crippen LogP contribution in [0.4, 0.5) is 0 Å². The Labute approximate surface area is 35.0 Å². The Hall–Kier alpha value is -0.860. The number of nitrogens with zero attached hydrogens (tertiary/aromatic N) is 1. The van der Waals surface area contributed by atoms with Gasteiger partial charge in [-0.2, -0.15) is 5.10 Å². The average Bonchev–Trinajstić information content (AvgIpc) is 1.86. The maximum Gasteiger partial charge on any atom is 0.254 e. The second kappa shape index (κ2) is 1.08. The highest BCUT2D eigenvalue weighted by Gasteiger charge is 2.01. The van der Waals surface area contributed by atoms with Crippen LogP contribution in [0.2, 0.25) is 0 Å². The molecule has 0 saturated carbocycles. The van der Waals surface area contributed by atoms with Crippen LogP contribution in [0.3, 0.4) is 0 Å². The van der Waals surface area contributed by atoms with Gasteiger partial charge in [-0.05, 0) is 0 Å². The summed E-state index contributed by atoms with van der Waals surface area (Å²) in [6.45, 7) is 0. The molecule has 0 spiro atoms. The normalized spacial score (nSPS) is 18.3. The molecule has 1 heterocycles. The van der Waals surface area contributed by atoms with Gasteiger partial charge in [0.25, 0.3) is 5.91 Å². The Bertz CT molecular complexity index is 87.0. The van der Waals surface area contributed by atoms with Gasteiger partial charge in [0, 0.05) is 6.21 Å². The van der Waals surface area contributed by atoms with Crippen molar-refractivity contribution in [3.8, 4) is 0 Å². The van der Waals surface area contributed by atoms with Gasteiger partial charge in [-0.1, -0.05) is 0 Å². The minimum absolute atomic E-state index is 0.269. The van der Waals surface area contributed by atoms with E-state index in [1.807, 2.05) is 0 Å². The molecule has 1 N–H and O–H groups in total. The molecule has 30 valence electrons. The highest BCUT2D eigenvalue weighted by molar-refractivity contribution is 6.05. The molecule has 0 unspecified atom stereocenters. The lowest BCUT2D eigenvalue weighted by atomic mass is 10.5. The molecule has 0 bridgehead atoms. The zero-order valence-corrected chi connectivity index (χ0v) is 2.93. The van der Waals surface area contributed by atoms with E-state index in [9.17, 15) is 4.79 Å². The fourth-order valence-corrected chi connectivity index (χ4v) is 0.214. The summed E-state index contributed by atoms with van der Waals surface area (Å²) in [5.41, 5.74) is 2.14. The van der Waals surface area contributed by atoms with Gasteiger partial charge >= 0.3 is 0 Å². The van der Waals surface area contributed by atoms with Crippen molar-refractivity contribution in [2.75, 3.05) is 0 Å². The molecule has 1 rings (SSSR count). The van der Waals surface area contributed by atoms with Gasteiger partial charge < -0.3 is 0 Å². The number of nitrogens with one attached hydrogen (secondary N) is 1. The number of amides is 1. The Kier molecular flexibility index (Phi) is 0.602. The van der Waals surface area contributed by atoms with Crippen molar-refractivity contribution in [2.24, 2.45) is 5.10 Å². The zero-order valence-electron chi connectivity index (χ0n) is 2.93. The number of carbonyl (C=O) groups is 1. The van der Waals surface area contributed by atoms with Crippen LogP contribution in [0.25, 0.3) is 0 Å². The smallest absolute Gasteiger partial charge is 0.254 e. The van der Waals surface area contributed by atoms with E-state index in [0.29, 0.717) is 0 Å². The molecule has 0 fully saturated rings. The van der Waals surface area contributed by atoms with Crippen molar-refractivity contribution in [2.45, 2.75) is 0 Å². The third kappa shape index (κ3) is 0.381. The average molecular weight is 82.1 g/mol. The minimum atomic E-state index is -0.269. The van der Waals surface area contributed by atoms with Gasteiger partial charge in [0.05, 0.1) is 0 Å². The second-order valence-electron chi connectivity index (χ2n) is 0.843. The Balaban J connectivity index is 2.52. The predicted octanol–water partition coefficient (Wildman–Crippen LogP) is -0.817. The largest absolute Gasteiger partial charge is 0.272 e. The molecule has 0 aliphatic carbocycles. The van der Waals surface area contributed by atoms with Crippen LogP contribution >= 0.6 is 0 Å². The maximum atomic E-state index is 9.90. The number of hydrogen-bond donors (Lipinski definition) is 1. The summed E-state index contributed by atoms with van der Waals surface area (Å²) in [6.07, 6.45) is 3.57. The fourth-order valence-electron chi connectivity index (χ4n) is 0.214. The van der Waals surface area contributed by atoms with Crippen molar-refractivity contribution in [3.05, 3.63) is 6.42 Å². The summed E-state index contributed by atoms with van der Waals surface area (Å²) >= 11 is 0. The highest BCUT2D eigenvalue weighted by atomic mass is 16.2. The molecule has 6 heavy (non-hydrogen) atoms. The summed E-state index contributed by atoms with van der Waals surface area (Å²) in [4.78, 5) is 9.90. The molecule has 1 aliphatic heterocycles. The first kappa shape index (κ1) is 3.33. The van der Waals surface area contributed by atoms with Gasteiger partial charge in [0.15, 0.2) is 0 Å². The highest BCUT2D eigenvalue weighted by Crippen LogP contribution is 1.78. The Morgan fingerprint density at radius 3 is 3.00 bits per heavy atom. The van der Waals surface area contributed by atoms with Crippen LogP contribution in [-0.4, -0.2) is 12.1 Å². The summed E-state index contributed by atoms with van der Waals surface area (Å²) in [6, 6.07) is 0. The van der Waals surface area contributed by atoms with Crippen LogP contribution in [0.1, 0.15) is 0 Å². The van der Waals surface area contributed by atoms with Crippen LogP contribution in [0.5, 0.6) is 0 Å². The van der Waals surface area contributed by atoms with Crippen LogP contribution < -0.4 is 5.43 Å². The molecular weight excluding hydrogens is 80.0 g/mol. The summed E-state index contributed by atoms with van der Waals surface area (Å²) < 4.78 is 0.